The summed E-state index contributed by atoms with van der Waals surface area (Å²) in [7, 11) is 1.24. The molecule has 11 heteroatoms. The number of aromatic nitrogens is 2. The normalized spacial score (nSPS) is 11.6. The molecule has 0 aliphatic carbocycles. The summed E-state index contributed by atoms with van der Waals surface area (Å²) < 4.78 is 4.83. The number of methoxy groups -OCH3 is 1. The topological polar surface area (TPSA) is 143 Å². The van der Waals surface area contributed by atoms with E-state index < -0.39 is 17.9 Å². The van der Waals surface area contributed by atoms with E-state index in [0.717, 1.165) is 5.56 Å². The number of esters is 1. The largest absolute Gasteiger partial charge is 0.508 e. The van der Waals surface area contributed by atoms with Gasteiger partial charge in [-0.2, -0.15) is 0 Å². The molecule has 37 heavy (non-hydrogen) atoms. The van der Waals surface area contributed by atoms with Crippen LogP contribution in [0.15, 0.2) is 47.9 Å². The minimum atomic E-state index is -0.958. The number of thiophene rings is 1. The molecule has 3 aromatic rings. The Bertz CT molecular complexity index is 1250. The van der Waals surface area contributed by atoms with Gasteiger partial charge in [0.15, 0.2) is 0 Å². The van der Waals surface area contributed by atoms with E-state index in [0.29, 0.717) is 28.8 Å². The number of phenolic OH excluding ortho intramolecular Hbond substituents is 1. The summed E-state index contributed by atoms with van der Waals surface area (Å²) in [6.07, 6.45) is 3.87. The average molecular weight is 524 g/mol. The number of benzene rings is 1. The molecule has 2 heterocycles. The summed E-state index contributed by atoms with van der Waals surface area (Å²) in [5, 5.41) is 19.8. The molecule has 0 fully saturated rings. The standard InChI is InChI=1S/C26H29N5O5S/c1-16-22(17(2)30-26(29-16)28-12-5-8-18-7-4-9-19(32)15-18)24(34)31-20(25(35)36-3)11-13-27-23(33)21-10-6-14-37-21/h4-10,14-15,20,32H,11-13H2,1-3H3,(H,27,33)(H,31,34)(H,28,29,30)/b8-5+/t20-/m0/s1. The second kappa shape index (κ2) is 13.2. The van der Waals surface area contributed by atoms with Crippen molar-refractivity contribution in [2.45, 2.75) is 26.3 Å². The number of phenols is 1. The van der Waals surface area contributed by atoms with E-state index in [2.05, 4.69) is 25.9 Å². The number of aryl methyl sites for hydroxylation is 2. The molecule has 0 unspecified atom stereocenters. The Morgan fingerprint density at radius 1 is 1.11 bits per heavy atom. The number of carbonyl (C=O) groups is 3. The third kappa shape index (κ3) is 7.87. The molecule has 194 valence electrons. The highest BCUT2D eigenvalue weighted by molar-refractivity contribution is 7.12. The molecule has 1 aromatic carbocycles. The van der Waals surface area contributed by atoms with Crippen LogP contribution in [0.4, 0.5) is 5.95 Å². The Morgan fingerprint density at radius 3 is 2.51 bits per heavy atom. The minimum Gasteiger partial charge on any atom is -0.508 e. The Balaban J connectivity index is 1.59. The van der Waals surface area contributed by atoms with E-state index in [4.69, 9.17) is 4.74 Å². The fourth-order valence-corrected chi connectivity index (χ4v) is 4.18. The van der Waals surface area contributed by atoms with Gasteiger partial charge in [-0.15, -0.1) is 11.3 Å². The average Bonchev–Trinajstić information content (AvgIpc) is 3.40. The summed E-state index contributed by atoms with van der Waals surface area (Å²) in [5.41, 5.74) is 2.00. The van der Waals surface area contributed by atoms with Gasteiger partial charge in [-0.05, 0) is 49.4 Å². The molecule has 3 rings (SSSR count). The van der Waals surface area contributed by atoms with E-state index in [1.807, 2.05) is 18.2 Å². The van der Waals surface area contributed by atoms with Gasteiger partial charge in [-0.25, -0.2) is 14.8 Å². The molecule has 2 amide bonds. The first-order valence-electron chi connectivity index (χ1n) is 11.5. The number of amides is 2. The summed E-state index contributed by atoms with van der Waals surface area (Å²) in [6, 6.07) is 9.40. The lowest BCUT2D eigenvalue weighted by atomic mass is 10.1. The van der Waals surface area contributed by atoms with Gasteiger partial charge in [-0.3, -0.25) is 9.59 Å². The van der Waals surface area contributed by atoms with Gasteiger partial charge in [-0.1, -0.05) is 30.4 Å². The molecule has 0 radical (unpaired) electrons. The lowest BCUT2D eigenvalue weighted by Crippen LogP contribution is -2.44. The van der Waals surface area contributed by atoms with Crippen molar-refractivity contribution in [2.24, 2.45) is 0 Å². The van der Waals surface area contributed by atoms with Crippen molar-refractivity contribution in [3.63, 3.8) is 0 Å². The maximum Gasteiger partial charge on any atom is 0.328 e. The molecule has 2 aromatic heterocycles. The smallest absolute Gasteiger partial charge is 0.328 e. The summed E-state index contributed by atoms with van der Waals surface area (Å²) in [4.78, 5) is 46.7. The van der Waals surface area contributed by atoms with E-state index in [9.17, 15) is 19.5 Å². The van der Waals surface area contributed by atoms with Crippen LogP contribution in [0.3, 0.4) is 0 Å². The zero-order chi connectivity index (χ0) is 26.8. The maximum absolute atomic E-state index is 13.0. The molecule has 10 nitrogen and oxygen atoms in total. The Morgan fingerprint density at radius 2 is 1.86 bits per heavy atom. The first-order valence-corrected chi connectivity index (χ1v) is 12.4. The number of aromatic hydroxyl groups is 1. The number of hydrogen-bond donors (Lipinski definition) is 4. The quantitative estimate of drug-likeness (QED) is 0.281. The van der Waals surface area contributed by atoms with Gasteiger partial charge in [0.25, 0.3) is 11.8 Å². The van der Waals surface area contributed by atoms with Gasteiger partial charge >= 0.3 is 5.97 Å². The fourth-order valence-electron chi connectivity index (χ4n) is 3.54. The van der Waals surface area contributed by atoms with Crippen LogP contribution in [0.25, 0.3) is 6.08 Å². The number of carbonyl (C=O) groups excluding carboxylic acids is 3. The summed E-state index contributed by atoms with van der Waals surface area (Å²) >= 11 is 1.31. The van der Waals surface area contributed by atoms with E-state index in [1.54, 1.807) is 49.6 Å². The van der Waals surface area contributed by atoms with Crippen molar-refractivity contribution in [3.05, 3.63) is 75.2 Å². The van der Waals surface area contributed by atoms with Crippen molar-refractivity contribution < 1.29 is 24.2 Å². The predicted octanol–water partition coefficient (Wildman–Crippen LogP) is 3.08. The molecule has 1 atom stereocenters. The zero-order valence-corrected chi connectivity index (χ0v) is 21.6. The Hall–Kier alpha value is -4.25. The third-order valence-electron chi connectivity index (χ3n) is 5.31. The molecule has 0 saturated carbocycles. The van der Waals surface area contributed by atoms with Crippen LogP contribution < -0.4 is 16.0 Å². The van der Waals surface area contributed by atoms with Crippen LogP contribution in [-0.2, 0) is 9.53 Å². The summed E-state index contributed by atoms with van der Waals surface area (Å²) in [6.45, 7) is 3.98. The predicted molar refractivity (Wildman–Crippen MR) is 142 cm³/mol. The van der Waals surface area contributed by atoms with Crippen LogP contribution >= 0.6 is 11.3 Å². The molecule has 4 N–H and O–H groups in total. The molecule has 0 aliphatic heterocycles. The van der Waals surface area contributed by atoms with Crippen LogP contribution in [0.2, 0.25) is 0 Å². The maximum atomic E-state index is 13.0. The van der Waals surface area contributed by atoms with Crippen molar-refractivity contribution in [1.29, 1.82) is 0 Å². The van der Waals surface area contributed by atoms with E-state index in [1.165, 1.54) is 18.4 Å². The molecular weight excluding hydrogens is 494 g/mol. The SMILES string of the molecule is COC(=O)[C@H](CCNC(=O)c1cccs1)NC(=O)c1c(C)nc(NC/C=C/c2cccc(O)c2)nc1C. The number of nitrogens with zero attached hydrogens (tertiary/aromatic N) is 2. The number of rotatable bonds is 11. The lowest BCUT2D eigenvalue weighted by Gasteiger charge is -2.18. The first kappa shape index (κ1) is 27.3. The number of hydrogen-bond acceptors (Lipinski definition) is 9. The van der Waals surface area contributed by atoms with Crippen molar-refractivity contribution in [2.75, 3.05) is 25.5 Å². The lowest BCUT2D eigenvalue weighted by molar-refractivity contribution is -0.143. The highest BCUT2D eigenvalue weighted by Crippen LogP contribution is 2.15. The summed E-state index contributed by atoms with van der Waals surface area (Å²) in [5.74, 6) is -0.828. The number of anilines is 1. The van der Waals surface area contributed by atoms with Crippen LogP contribution in [-0.4, -0.2) is 59.1 Å². The van der Waals surface area contributed by atoms with Gasteiger partial charge in [0, 0.05) is 13.1 Å². The first-order chi connectivity index (χ1) is 17.8. The fraction of sp³-hybridized carbons (Fsp3) is 0.269. The van der Waals surface area contributed by atoms with Crippen LogP contribution in [0.5, 0.6) is 5.75 Å². The van der Waals surface area contributed by atoms with Gasteiger partial charge < -0.3 is 25.8 Å². The monoisotopic (exact) mass is 523 g/mol. The molecule has 0 spiro atoms. The Kier molecular flexibility index (Phi) is 9.73. The second-order valence-electron chi connectivity index (χ2n) is 8.04. The highest BCUT2D eigenvalue weighted by Gasteiger charge is 2.25. The highest BCUT2D eigenvalue weighted by atomic mass is 32.1. The molecular formula is C26H29N5O5S. The van der Waals surface area contributed by atoms with Crippen molar-refractivity contribution in [3.8, 4) is 5.75 Å². The Labute approximate surface area is 218 Å². The second-order valence-corrected chi connectivity index (χ2v) is 8.99. The van der Waals surface area contributed by atoms with E-state index >= 15 is 0 Å². The minimum absolute atomic E-state index is 0.152. The van der Waals surface area contributed by atoms with Crippen LogP contribution in [0, 0.1) is 13.8 Å². The van der Waals surface area contributed by atoms with Gasteiger partial charge in [0.05, 0.1) is 28.9 Å². The van der Waals surface area contributed by atoms with Crippen molar-refractivity contribution in [1.82, 2.24) is 20.6 Å². The number of ether oxygens (including phenoxy) is 1. The molecule has 0 bridgehead atoms. The molecule has 0 aliphatic rings. The molecule has 0 saturated heterocycles. The van der Waals surface area contributed by atoms with Gasteiger partial charge in [0.2, 0.25) is 5.95 Å². The van der Waals surface area contributed by atoms with Gasteiger partial charge in [0.1, 0.15) is 11.8 Å². The van der Waals surface area contributed by atoms with Crippen molar-refractivity contribution >= 4 is 41.1 Å². The van der Waals surface area contributed by atoms with E-state index in [-0.39, 0.29) is 30.2 Å². The zero-order valence-electron chi connectivity index (χ0n) is 20.8. The number of nitrogens with one attached hydrogen (secondary N) is 3. The van der Waals surface area contributed by atoms with Crippen LogP contribution in [0.1, 0.15) is 43.4 Å². The third-order valence-corrected chi connectivity index (χ3v) is 6.18.